The van der Waals surface area contributed by atoms with Crippen molar-refractivity contribution in [2.75, 3.05) is 18.5 Å². The van der Waals surface area contributed by atoms with Crippen LogP contribution in [0.25, 0.3) is 10.9 Å². The summed E-state index contributed by atoms with van der Waals surface area (Å²) < 4.78 is 0. The van der Waals surface area contributed by atoms with Crippen LogP contribution < -0.4 is 11.3 Å². The van der Waals surface area contributed by atoms with Crippen LogP contribution in [0.2, 0.25) is 0 Å². The number of nitrogens with two attached hydrogens (primary N) is 1. The van der Waals surface area contributed by atoms with E-state index in [0.717, 1.165) is 23.8 Å². The van der Waals surface area contributed by atoms with E-state index in [-0.39, 0.29) is 0 Å². The lowest BCUT2D eigenvalue weighted by atomic mass is 10.0. The van der Waals surface area contributed by atoms with Crippen molar-refractivity contribution in [1.82, 2.24) is 9.88 Å². The molecule has 4 nitrogen and oxygen atoms in total. The maximum absolute atomic E-state index is 5.66. The number of hydrogen-bond donors (Lipinski definition) is 2. The van der Waals surface area contributed by atoms with E-state index in [9.17, 15) is 0 Å². The number of nitrogen functional groups attached to an aromatic ring is 1. The van der Waals surface area contributed by atoms with E-state index in [0.29, 0.717) is 0 Å². The van der Waals surface area contributed by atoms with Crippen molar-refractivity contribution in [2.24, 2.45) is 11.8 Å². The number of para-hydroxylation sites is 1. The van der Waals surface area contributed by atoms with Crippen LogP contribution in [0.15, 0.2) is 30.3 Å². The molecule has 0 radical (unpaired) electrons. The molecule has 0 saturated carbocycles. The lowest BCUT2D eigenvalue weighted by molar-refractivity contribution is 0.313. The number of hydrazine groups is 1. The van der Waals surface area contributed by atoms with Crippen LogP contribution in [0.4, 0.5) is 5.82 Å². The Bertz CT molecular complexity index is 611. The molecule has 1 atom stereocenters. The van der Waals surface area contributed by atoms with Gasteiger partial charge in [0, 0.05) is 24.0 Å². The second kappa shape index (κ2) is 6.41. The van der Waals surface area contributed by atoms with Crippen LogP contribution in [0.5, 0.6) is 0 Å². The van der Waals surface area contributed by atoms with E-state index in [4.69, 9.17) is 5.84 Å². The van der Waals surface area contributed by atoms with Crippen LogP contribution in [0.3, 0.4) is 0 Å². The highest BCUT2D eigenvalue weighted by atomic mass is 15.3. The fourth-order valence-corrected chi connectivity index (χ4v) is 3.35. The van der Waals surface area contributed by atoms with Crippen LogP contribution in [-0.4, -0.2) is 23.0 Å². The first kappa shape index (κ1) is 14.3. The molecule has 2 aromatic rings. The van der Waals surface area contributed by atoms with Gasteiger partial charge in [0.25, 0.3) is 0 Å². The monoisotopic (exact) mass is 284 g/mol. The van der Waals surface area contributed by atoms with Gasteiger partial charge in [-0.3, -0.25) is 4.90 Å². The number of nitrogens with one attached hydrogen (secondary N) is 1. The number of fused-ring (bicyclic) bond motifs is 1. The highest BCUT2D eigenvalue weighted by Gasteiger charge is 2.22. The Morgan fingerprint density at radius 1 is 1.38 bits per heavy atom. The second-order valence-electron chi connectivity index (χ2n) is 6.01. The van der Waals surface area contributed by atoms with Gasteiger partial charge >= 0.3 is 0 Å². The van der Waals surface area contributed by atoms with Gasteiger partial charge in [0.05, 0.1) is 5.52 Å². The topological polar surface area (TPSA) is 54.2 Å². The average Bonchev–Trinajstić information content (AvgIpc) is 2.94. The zero-order valence-corrected chi connectivity index (χ0v) is 12.7. The van der Waals surface area contributed by atoms with Crippen LogP contribution >= 0.6 is 0 Å². The molecule has 1 aliphatic rings. The van der Waals surface area contributed by atoms with Gasteiger partial charge in [-0.25, -0.2) is 10.8 Å². The molecular weight excluding hydrogens is 260 g/mol. The molecule has 4 heteroatoms. The first-order valence-corrected chi connectivity index (χ1v) is 7.87. The third-order valence-electron chi connectivity index (χ3n) is 4.40. The van der Waals surface area contributed by atoms with Crippen LogP contribution in [0, 0.1) is 5.92 Å². The van der Waals surface area contributed by atoms with Crippen LogP contribution in [0.1, 0.15) is 31.7 Å². The summed E-state index contributed by atoms with van der Waals surface area (Å²) in [5, 5.41) is 1.18. The first-order valence-electron chi connectivity index (χ1n) is 7.87. The number of rotatable bonds is 5. The maximum Gasteiger partial charge on any atom is 0.145 e. The number of hydrogen-bond acceptors (Lipinski definition) is 4. The van der Waals surface area contributed by atoms with Gasteiger partial charge in [-0.2, -0.15) is 0 Å². The molecule has 21 heavy (non-hydrogen) atoms. The van der Waals surface area contributed by atoms with Crippen molar-refractivity contribution in [3.63, 3.8) is 0 Å². The third kappa shape index (κ3) is 3.17. The van der Waals surface area contributed by atoms with E-state index in [1.165, 1.54) is 43.3 Å². The molecule has 0 amide bonds. The van der Waals surface area contributed by atoms with Gasteiger partial charge in [0.1, 0.15) is 5.82 Å². The predicted molar refractivity (Wildman–Crippen MR) is 87.8 cm³/mol. The number of pyridine rings is 1. The Kier molecular flexibility index (Phi) is 4.36. The summed E-state index contributed by atoms with van der Waals surface area (Å²) in [6.45, 7) is 5.58. The molecule has 1 aromatic carbocycles. The number of anilines is 1. The lowest BCUT2D eigenvalue weighted by Crippen LogP contribution is -2.22. The van der Waals surface area contributed by atoms with E-state index >= 15 is 0 Å². The standard InChI is InChI=1S/C17H24N4/c1-2-5-13-8-9-21(11-13)12-15-10-14-6-3-4-7-16(14)19-17(15)20-18/h3-4,6-7,10,13H,2,5,8-9,11-12,18H2,1H3,(H,19,20). The molecule has 0 bridgehead atoms. The van der Waals surface area contributed by atoms with Crippen molar-refractivity contribution < 1.29 is 0 Å². The minimum absolute atomic E-state index is 0.799. The maximum atomic E-state index is 5.66. The molecule has 1 fully saturated rings. The normalized spacial score (nSPS) is 19.2. The number of likely N-dealkylation sites (tertiary alicyclic amines) is 1. The minimum atomic E-state index is 0.799. The molecule has 0 spiro atoms. The molecule has 1 unspecified atom stereocenters. The van der Waals surface area contributed by atoms with Gasteiger partial charge in [0.2, 0.25) is 0 Å². The van der Waals surface area contributed by atoms with Gasteiger partial charge in [-0.1, -0.05) is 31.5 Å². The Morgan fingerprint density at radius 3 is 3.05 bits per heavy atom. The fraction of sp³-hybridized carbons (Fsp3) is 0.471. The summed E-state index contributed by atoms with van der Waals surface area (Å²) in [7, 11) is 0. The highest BCUT2D eigenvalue weighted by molar-refractivity contribution is 5.81. The summed E-state index contributed by atoms with van der Waals surface area (Å²) >= 11 is 0. The third-order valence-corrected chi connectivity index (χ3v) is 4.40. The van der Waals surface area contributed by atoms with Crippen molar-refractivity contribution in [2.45, 2.75) is 32.7 Å². The summed E-state index contributed by atoms with van der Waals surface area (Å²) in [5.74, 6) is 7.32. The van der Waals surface area contributed by atoms with Gasteiger partial charge < -0.3 is 5.43 Å². The SMILES string of the molecule is CCCC1CCN(Cc2cc3ccccc3nc2NN)C1. The van der Waals surface area contributed by atoms with Gasteiger partial charge in [0.15, 0.2) is 0 Å². The Labute approximate surface area is 126 Å². The largest absolute Gasteiger partial charge is 0.308 e. The Balaban J connectivity index is 1.80. The minimum Gasteiger partial charge on any atom is -0.308 e. The average molecular weight is 284 g/mol. The van der Waals surface area contributed by atoms with E-state index in [2.05, 4.69) is 40.4 Å². The smallest absolute Gasteiger partial charge is 0.145 e. The van der Waals surface area contributed by atoms with Crippen molar-refractivity contribution in [3.8, 4) is 0 Å². The number of benzene rings is 1. The molecule has 112 valence electrons. The lowest BCUT2D eigenvalue weighted by Gasteiger charge is -2.18. The van der Waals surface area contributed by atoms with E-state index in [1.54, 1.807) is 0 Å². The molecule has 3 rings (SSSR count). The summed E-state index contributed by atoms with van der Waals surface area (Å²) in [6.07, 6.45) is 3.94. The summed E-state index contributed by atoms with van der Waals surface area (Å²) in [4.78, 5) is 7.15. The summed E-state index contributed by atoms with van der Waals surface area (Å²) in [5.41, 5.74) is 4.93. The second-order valence-corrected chi connectivity index (χ2v) is 6.01. The van der Waals surface area contributed by atoms with Crippen molar-refractivity contribution >= 4 is 16.7 Å². The molecule has 1 aromatic heterocycles. The predicted octanol–water partition coefficient (Wildman–Crippen LogP) is 3.14. The van der Waals surface area contributed by atoms with Crippen molar-refractivity contribution in [1.29, 1.82) is 0 Å². The van der Waals surface area contributed by atoms with E-state index in [1.807, 2.05) is 12.1 Å². The Morgan fingerprint density at radius 2 is 2.24 bits per heavy atom. The number of nitrogens with zero attached hydrogens (tertiary/aromatic N) is 2. The summed E-state index contributed by atoms with van der Waals surface area (Å²) in [6, 6.07) is 10.4. The van der Waals surface area contributed by atoms with Gasteiger partial charge in [-0.15, -0.1) is 0 Å². The first-order chi connectivity index (χ1) is 10.3. The zero-order valence-electron chi connectivity index (χ0n) is 12.7. The van der Waals surface area contributed by atoms with Crippen LogP contribution in [-0.2, 0) is 6.54 Å². The van der Waals surface area contributed by atoms with Gasteiger partial charge in [-0.05, 0) is 37.4 Å². The molecular formula is C17H24N4. The van der Waals surface area contributed by atoms with E-state index < -0.39 is 0 Å². The highest BCUT2D eigenvalue weighted by Crippen LogP contribution is 2.26. The molecule has 1 saturated heterocycles. The Hall–Kier alpha value is -1.65. The number of aromatic nitrogens is 1. The molecule has 1 aliphatic heterocycles. The quantitative estimate of drug-likeness (QED) is 0.654. The fourth-order valence-electron chi connectivity index (χ4n) is 3.35. The molecule has 3 N–H and O–H groups in total. The molecule has 2 heterocycles. The zero-order chi connectivity index (χ0) is 14.7. The molecule has 0 aliphatic carbocycles. The van der Waals surface area contributed by atoms with Crippen molar-refractivity contribution in [3.05, 3.63) is 35.9 Å².